The van der Waals surface area contributed by atoms with Crippen molar-refractivity contribution in [2.75, 3.05) is 13.3 Å². The Morgan fingerprint density at radius 2 is 2.40 bits per heavy atom. The minimum absolute atomic E-state index is 0.0841. The van der Waals surface area contributed by atoms with E-state index >= 15 is 0 Å². The molecule has 0 radical (unpaired) electrons. The number of alkyl halides is 2. The Labute approximate surface area is 57.5 Å². The van der Waals surface area contributed by atoms with Gasteiger partial charge in [-0.3, -0.25) is 0 Å². The van der Waals surface area contributed by atoms with E-state index in [9.17, 15) is 13.6 Å². The summed E-state index contributed by atoms with van der Waals surface area (Å²) in [4.78, 5) is 10.2. The van der Waals surface area contributed by atoms with Crippen LogP contribution in [0.1, 0.15) is 0 Å². The third-order valence-electron chi connectivity index (χ3n) is 0.735. The minimum Gasteiger partial charge on any atom is -0.459 e. The summed E-state index contributed by atoms with van der Waals surface area (Å²) in [5.41, 5.74) is 0. The Kier molecular flexibility index (Phi) is 4.45. The number of ether oxygens (including phenoxy) is 1. The molecule has 0 rings (SSSR count). The first kappa shape index (κ1) is 9.07. The SMILES string of the molecule is C=CCOC(=O)C(F)CF. The van der Waals surface area contributed by atoms with Crippen LogP contribution in [-0.4, -0.2) is 25.4 Å². The molecular weight excluding hydrogens is 142 g/mol. The molecule has 4 heteroatoms. The maximum Gasteiger partial charge on any atom is 0.343 e. The van der Waals surface area contributed by atoms with E-state index in [0.29, 0.717) is 0 Å². The highest BCUT2D eigenvalue weighted by Crippen LogP contribution is 1.94. The third kappa shape index (κ3) is 3.17. The first-order chi connectivity index (χ1) is 4.72. The fourth-order valence-corrected chi connectivity index (χ4v) is 0.294. The lowest BCUT2D eigenvalue weighted by Crippen LogP contribution is -2.20. The van der Waals surface area contributed by atoms with Gasteiger partial charge in [0.2, 0.25) is 6.17 Å². The normalized spacial score (nSPS) is 12.2. The van der Waals surface area contributed by atoms with Crippen LogP contribution in [-0.2, 0) is 9.53 Å². The largest absolute Gasteiger partial charge is 0.459 e. The molecule has 58 valence electrons. The van der Waals surface area contributed by atoms with Crippen molar-refractivity contribution in [3.63, 3.8) is 0 Å². The van der Waals surface area contributed by atoms with Crippen LogP contribution in [0.4, 0.5) is 8.78 Å². The summed E-state index contributed by atoms with van der Waals surface area (Å²) >= 11 is 0. The molecule has 0 fully saturated rings. The van der Waals surface area contributed by atoms with Crippen LogP contribution in [0.3, 0.4) is 0 Å². The molecule has 1 unspecified atom stereocenters. The summed E-state index contributed by atoms with van der Waals surface area (Å²) in [5, 5.41) is 0. The van der Waals surface area contributed by atoms with E-state index in [0.717, 1.165) is 0 Å². The third-order valence-corrected chi connectivity index (χ3v) is 0.735. The molecule has 0 bridgehead atoms. The fourth-order valence-electron chi connectivity index (χ4n) is 0.294. The van der Waals surface area contributed by atoms with Gasteiger partial charge in [0, 0.05) is 0 Å². The molecule has 0 aliphatic carbocycles. The second kappa shape index (κ2) is 4.90. The zero-order valence-electron chi connectivity index (χ0n) is 5.35. The van der Waals surface area contributed by atoms with Crippen molar-refractivity contribution in [1.29, 1.82) is 0 Å². The molecule has 0 heterocycles. The Hall–Kier alpha value is -0.930. The molecule has 0 aliphatic heterocycles. The number of hydrogen-bond acceptors (Lipinski definition) is 2. The van der Waals surface area contributed by atoms with Crippen molar-refractivity contribution >= 4 is 5.97 Å². The molecule has 0 aromatic heterocycles. The lowest BCUT2D eigenvalue weighted by molar-refractivity contribution is -0.148. The molecule has 2 nitrogen and oxygen atoms in total. The number of halogens is 2. The highest BCUT2D eigenvalue weighted by molar-refractivity contribution is 5.74. The van der Waals surface area contributed by atoms with E-state index in [1.165, 1.54) is 6.08 Å². The van der Waals surface area contributed by atoms with Gasteiger partial charge in [-0.1, -0.05) is 12.7 Å². The molecule has 0 spiro atoms. The molecule has 0 aromatic rings. The van der Waals surface area contributed by atoms with Crippen molar-refractivity contribution in [3.8, 4) is 0 Å². The predicted octanol–water partition coefficient (Wildman–Crippen LogP) is 1.02. The van der Waals surface area contributed by atoms with Crippen LogP contribution < -0.4 is 0 Å². The standard InChI is InChI=1S/C6H8F2O2/c1-2-3-10-6(9)5(8)4-7/h2,5H,1,3-4H2. The Morgan fingerprint density at radius 3 is 2.80 bits per heavy atom. The van der Waals surface area contributed by atoms with Crippen LogP contribution in [0.2, 0.25) is 0 Å². The first-order valence-corrected chi connectivity index (χ1v) is 2.70. The summed E-state index contributed by atoms with van der Waals surface area (Å²) in [6, 6.07) is 0. The zero-order valence-corrected chi connectivity index (χ0v) is 5.35. The summed E-state index contributed by atoms with van der Waals surface area (Å²) in [6.07, 6.45) is -0.872. The average Bonchev–Trinajstić information content (AvgIpc) is 1.98. The van der Waals surface area contributed by atoms with E-state index in [-0.39, 0.29) is 6.61 Å². The second-order valence-electron chi connectivity index (χ2n) is 1.54. The average molecular weight is 150 g/mol. The Balaban J connectivity index is 3.51. The summed E-state index contributed by atoms with van der Waals surface area (Å²) in [6.45, 7) is 1.80. The van der Waals surface area contributed by atoms with Gasteiger partial charge in [-0.05, 0) is 0 Å². The van der Waals surface area contributed by atoms with E-state index in [2.05, 4.69) is 11.3 Å². The van der Waals surface area contributed by atoms with Crippen molar-refractivity contribution in [2.24, 2.45) is 0 Å². The molecule has 10 heavy (non-hydrogen) atoms. The molecular formula is C6H8F2O2. The first-order valence-electron chi connectivity index (χ1n) is 2.70. The smallest absolute Gasteiger partial charge is 0.343 e. The van der Waals surface area contributed by atoms with Gasteiger partial charge in [0.25, 0.3) is 0 Å². The number of carbonyl (C=O) groups excluding carboxylic acids is 1. The van der Waals surface area contributed by atoms with Gasteiger partial charge in [0.05, 0.1) is 0 Å². The maximum atomic E-state index is 12.0. The number of rotatable bonds is 4. The van der Waals surface area contributed by atoms with Gasteiger partial charge in [-0.15, -0.1) is 0 Å². The van der Waals surface area contributed by atoms with Crippen molar-refractivity contribution < 1.29 is 18.3 Å². The predicted molar refractivity (Wildman–Crippen MR) is 32.0 cm³/mol. The van der Waals surface area contributed by atoms with Crippen LogP contribution in [0.15, 0.2) is 12.7 Å². The molecule has 0 aromatic carbocycles. The highest BCUT2D eigenvalue weighted by atomic mass is 19.2. The lowest BCUT2D eigenvalue weighted by atomic mass is 10.4. The van der Waals surface area contributed by atoms with Crippen LogP contribution in [0.25, 0.3) is 0 Å². The molecule has 0 saturated heterocycles. The maximum absolute atomic E-state index is 12.0. The minimum atomic E-state index is -2.15. The highest BCUT2D eigenvalue weighted by Gasteiger charge is 2.17. The second-order valence-corrected chi connectivity index (χ2v) is 1.54. The summed E-state index contributed by atoms with van der Waals surface area (Å²) < 4.78 is 27.5. The van der Waals surface area contributed by atoms with Crippen LogP contribution in [0, 0.1) is 0 Å². The number of esters is 1. The summed E-state index contributed by atoms with van der Waals surface area (Å²) in [5.74, 6) is -1.18. The Morgan fingerprint density at radius 1 is 1.80 bits per heavy atom. The zero-order chi connectivity index (χ0) is 7.98. The monoisotopic (exact) mass is 150 g/mol. The quantitative estimate of drug-likeness (QED) is 0.441. The van der Waals surface area contributed by atoms with E-state index < -0.39 is 18.8 Å². The van der Waals surface area contributed by atoms with E-state index in [1.54, 1.807) is 0 Å². The Bertz CT molecular complexity index is 125. The van der Waals surface area contributed by atoms with Gasteiger partial charge >= 0.3 is 5.97 Å². The van der Waals surface area contributed by atoms with Gasteiger partial charge in [0.15, 0.2) is 0 Å². The molecule has 0 amide bonds. The van der Waals surface area contributed by atoms with Gasteiger partial charge < -0.3 is 4.74 Å². The van der Waals surface area contributed by atoms with E-state index in [4.69, 9.17) is 0 Å². The van der Waals surface area contributed by atoms with Crippen molar-refractivity contribution in [2.45, 2.75) is 6.17 Å². The molecule has 0 aliphatic rings. The van der Waals surface area contributed by atoms with Crippen LogP contribution in [0.5, 0.6) is 0 Å². The van der Waals surface area contributed by atoms with Crippen molar-refractivity contribution in [3.05, 3.63) is 12.7 Å². The summed E-state index contributed by atoms with van der Waals surface area (Å²) in [7, 11) is 0. The van der Waals surface area contributed by atoms with Crippen molar-refractivity contribution in [1.82, 2.24) is 0 Å². The number of hydrogen-bond donors (Lipinski definition) is 0. The van der Waals surface area contributed by atoms with Crippen LogP contribution >= 0.6 is 0 Å². The van der Waals surface area contributed by atoms with E-state index in [1.807, 2.05) is 0 Å². The van der Waals surface area contributed by atoms with Gasteiger partial charge in [-0.2, -0.15) is 0 Å². The molecule has 0 N–H and O–H groups in total. The number of carbonyl (C=O) groups is 1. The fraction of sp³-hybridized carbons (Fsp3) is 0.500. The van der Waals surface area contributed by atoms with Gasteiger partial charge in [-0.25, -0.2) is 13.6 Å². The molecule has 1 atom stereocenters. The topological polar surface area (TPSA) is 26.3 Å². The van der Waals surface area contributed by atoms with Gasteiger partial charge in [0.1, 0.15) is 13.3 Å². The molecule has 0 saturated carbocycles. The lowest BCUT2D eigenvalue weighted by Gasteiger charge is -2.01.